The second-order valence-corrected chi connectivity index (χ2v) is 8.09. The van der Waals surface area contributed by atoms with Crippen LogP contribution in [0.2, 0.25) is 0 Å². The number of hydrogen-bond acceptors (Lipinski definition) is 4. The van der Waals surface area contributed by atoms with Crippen molar-refractivity contribution in [1.82, 2.24) is 10.2 Å². The average Bonchev–Trinajstić information content (AvgIpc) is 3.30. The molecule has 29 heavy (non-hydrogen) atoms. The second-order valence-electron chi connectivity index (χ2n) is 8.09. The molecule has 1 aromatic heterocycles. The van der Waals surface area contributed by atoms with Gasteiger partial charge in [0.2, 0.25) is 5.91 Å². The molecule has 1 amide bonds. The molecule has 1 aromatic carbocycles. The number of anilines is 1. The Bertz CT molecular complexity index is 781. The quantitative estimate of drug-likeness (QED) is 0.798. The number of para-hydroxylation sites is 1. The minimum Gasteiger partial charge on any atom is -0.468 e. The number of carbonyl (C=O) groups excluding carboxylic acids is 1. The van der Waals surface area contributed by atoms with Crippen LogP contribution in [0.15, 0.2) is 47.1 Å². The zero-order valence-corrected chi connectivity index (χ0v) is 16.9. The number of piperazine rings is 1. The normalized spacial score (nSPS) is 19.8. The van der Waals surface area contributed by atoms with Crippen LogP contribution < -0.4 is 10.2 Å². The molecule has 2 aromatic rings. The standard InChI is InChI=1S/C23H30FN3O2/c24-19-9-4-5-10-20(19)26-12-14-27(15-13-26)21(22-11-6-16-29-22)17-25-23(28)18-7-2-1-3-8-18/h4-6,9-11,16,18,21H,1-3,7-8,12-15,17H2,(H,25,28)/t21-/m0/s1. The van der Waals surface area contributed by atoms with Crippen molar-refractivity contribution in [2.24, 2.45) is 5.92 Å². The highest BCUT2D eigenvalue weighted by molar-refractivity contribution is 5.78. The summed E-state index contributed by atoms with van der Waals surface area (Å²) in [6, 6.07) is 10.8. The maximum Gasteiger partial charge on any atom is 0.223 e. The smallest absolute Gasteiger partial charge is 0.223 e. The molecule has 1 saturated carbocycles. The van der Waals surface area contributed by atoms with Gasteiger partial charge in [-0.3, -0.25) is 9.69 Å². The first-order valence-corrected chi connectivity index (χ1v) is 10.8. The molecule has 6 heteroatoms. The van der Waals surface area contributed by atoms with Gasteiger partial charge >= 0.3 is 0 Å². The Hall–Kier alpha value is -2.34. The van der Waals surface area contributed by atoms with E-state index in [0.717, 1.165) is 57.6 Å². The monoisotopic (exact) mass is 399 g/mol. The van der Waals surface area contributed by atoms with Gasteiger partial charge in [0, 0.05) is 38.6 Å². The van der Waals surface area contributed by atoms with E-state index >= 15 is 0 Å². The zero-order valence-electron chi connectivity index (χ0n) is 16.9. The lowest BCUT2D eigenvalue weighted by molar-refractivity contribution is -0.126. The molecule has 1 aliphatic carbocycles. The molecule has 2 fully saturated rings. The highest BCUT2D eigenvalue weighted by atomic mass is 19.1. The van der Waals surface area contributed by atoms with Crippen LogP contribution >= 0.6 is 0 Å². The van der Waals surface area contributed by atoms with Gasteiger partial charge in [0.25, 0.3) is 0 Å². The number of rotatable bonds is 6. The number of hydrogen-bond donors (Lipinski definition) is 1. The van der Waals surface area contributed by atoms with Crippen LogP contribution in [0, 0.1) is 11.7 Å². The summed E-state index contributed by atoms with van der Waals surface area (Å²) in [7, 11) is 0. The summed E-state index contributed by atoms with van der Waals surface area (Å²) in [4.78, 5) is 17.0. The van der Waals surface area contributed by atoms with Gasteiger partial charge in [-0.05, 0) is 37.1 Å². The Labute approximate surface area is 171 Å². The van der Waals surface area contributed by atoms with Gasteiger partial charge in [0.1, 0.15) is 11.6 Å². The van der Waals surface area contributed by atoms with E-state index in [0.29, 0.717) is 12.2 Å². The molecule has 156 valence electrons. The maximum atomic E-state index is 14.1. The summed E-state index contributed by atoms with van der Waals surface area (Å²) in [6.45, 7) is 3.62. The van der Waals surface area contributed by atoms with E-state index in [9.17, 15) is 9.18 Å². The van der Waals surface area contributed by atoms with E-state index < -0.39 is 0 Å². The topological polar surface area (TPSA) is 48.7 Å². The van der Waals surface area contributed by atoms with E-state index in [1.807, 2.05) is 24.3 Å². The van der Waals surface area contributed by atoms with Crippen molar-refractivity contribution in [2.75, 3.05) is 37.6 Å². The van der Waals surface area contributed by atoms with Gasteiger partial charge in [0.15, 0.2) is 0 Å². The van der Waals surface area contributed by atoms with Crippen molar-refractivity contribution < 1.29 is 13.6 Å². The van der Waals surface area contributed by atoms with Crippen LogP contribution in [0.4, 0.5) is 10.1 Å². The minimum atomic E-state index is -0.178. The number of furan rings is 1. The molecule has 0 radical (unpaired) electrons. The van der Waals surface area contributed by atoms with E-state index in [-0.39, 0.29) is 23.7 Å². The second kappa shape index (κ2) is 9.44. The summed E-state index contributed by atoms with van der Waals surface area (Å²) in [5.74, 6) is 1.02. The number of nitrogens with zero attached hydrogens (tertiary/aromatic N) is 2. The number of halogens is 1. The molecular formula is C23H30FN3O2. The van der Waals surface area contributed by atoms with E-state index in [2.05, 4.69) is 15.1 Å². The molecule has 1 N–H and O–H groups in total. The fourth-order valence-electron chi connectivity index (χ4n) is 4.58. The first-order valence-electron chi connectivity index (χ1n) is 10.8. The molecule has 5 nitrogen and oxygen atoms in total. The van der Waals surface area contributed by atoms with Gasteiger partial charge in [-0.2, -0.15) is 0 Å². The number of nitrogens with one attached hydrogen (secondary N) is 1. The molecule has 0 unspecified atom stereocenters. The summed E-state index contributed by atoms with van der Waals surface area (Å²) in [6.07, 6.45) is 7.22. The summed E-state index contributed by atoms with van der Waals surface area (Å²) >= 11 is 0. The van der Waals surface area contributed by atoms with Crippen LogP contribution in [-0.4, -0.2) is 43.5 Å². The Morgan fingerprint density at radius 1 is 1.07 bits per heavy atom. The lowest BCUT2D eigenvalue weighted by Crippen LogP contribution is -2.50. The van der Waals surface area contributed by atoms with E-state index in [1.54, 1.807) is 12.3 Å². The molecule has 1 atom stereocenters. The molecule has 2 heterocycles. The van der Waals surface area contributed by atoms with Crippen LogP contribution in [0.3, 0.4) is 0 Å². The molecular weight excluding hydrogens is 369 g/mol. The molecule has 0 spiro atoms. The Morgan fingerprint density at radius 2 is 1.83 bits per heavy atom. The lowest BCUT2D eigenvalue weighted by Gasteiger charge is -2.39. The number of carbonyl (C=O) groups is 1. The predicted octanol–water partition coefficient (Wildman–Crippen LogP) is 3.98. The highest BCUT2D eigenvalue weighted by Gasteiger charge is 2.29. The summed E-state index contributed by atoms with van der Waals surface area (Å²) in [5, 5.41) is 3.18. The molecule has 0 bridgehead atoms. The van der Waals surface area contributed by atoms with Crippen molar-refractivity contribution in [3.8, 4) is 0 Å². The van der Waals surface area contributed by atoms with Crippen LogP contribution in [0.25, 0.3) is 0 Å². The van der Waals surface area contributed by atoms with Gasteiger partial charge in [-0.25, -0.2) is 4.39 Å². The Kier molecular flexibility index (Phi) is 6.49. The maximum absolute atomic E-state index is 14.1. The molecule has 1 aliphatic heterocycles. The zero-order chi connectivity index (χ0) is 20.1. The Balaban J connectivity index is 1.38. The summed E-state index contributed by atoms with van der Waals surface area (Å²) < 4.78 is 19.8. The largest absolute Gasteiger partial charge is 0.468 e. The fourth-order valence-corrected chi connectivity index (χ4v) is 4.58. The van der Waals surface area contributed by atoms with Crippen molar-refractivity contribution in [1.29, 1.82) is 0 Å². The van der Waals surface area contributed by atoms with Gasteiger partial charge in [0.05, 0.1) is 18.0 Å². The van der Waals surface area contributed by atoms with Crippen molar-refractivity contribution in [3.05, 3.63) is 54.2 Å². The summed E-state index contributed by atoms with van der Waals surface area (Å²) in [5.41, 5.74) is 0.660. The Morgan fingerprint density at radius 3 is 2.52 bits per heavy atom. The molecule has 1 saturated heterocycles. The van der Waals surface area contributed by atoms with Crippen molar-refractivity contribution in [2.45, 2.75) is 38.1 Å². The van der Waals surface area contributed by atoms with Gasteiger partial charge in [-0.1, -0.05) is 31.4 Å². The van der Waals surface area contributed by atoms with Crippen molar-refractivity contribution >= 4 is 11.6 Å². The van der Waals surface area contributed by atoms with Crippen LogP contribution in [0.1, 0.15) is 43.9 Å². The van der Waals surface area contributed by atoms with E-state index in [1.165, 1.54) is 12.5 Å². The first kappa shape index (κ1) is 20.0. The molecule has 4 rings (SSSR count). The van der Waals surface area contributed by atoms with Gasteiger partial charge in [-0.15, -0.1) is 0 Å². The molecule has 2 aliphatic rings. The average molecular weight is 400 g/mol. The third-order valence-corrected chi connectivity index (χ3v) is 6.27. The predicted molar refractivity (Wildman–Crippen MR) is 111 cm³/mol. The first-order chi connectivity index (χ1) is 14.2. The number of amides is 1. The third kappa shape index (κ3) is 4.81. The van der Waals surface area contributed by atoms with E-state index in [4.69, 9.17) is 4.42 Å². The third-order valence-electron chi connectivity index (χ3n) is 6.27. The SMILES string of the molecule is O=C(NC[C@@H](c1ccco1)N1CCN(c2ccccc2F)CC1)C1CCCCC1. The van der Waals surface area contributed by atoms with Crippen molar-refractivity contribution in [3.63, 3.8) is 0 Å². The lowest BCUT2D eigenvalue weighted by atomic mass is 9.88. The van der Waals surface area contributed by atoms with Gasteiger partial charge < -0.3 is 14.6 Å². The highest BCUT2D eigenvalue weighted by Crippen LogP contribution is 2.27. The fraction of sp³-hybridized carbons (Fsp3) is 0.522. The van der Waals surface area contributed by atoms with Crippen LogP contribution in [0.5, 0.6) is 0 Å². The number of benzene rings is 1. The van der Waals surface area contributed by atoms with Crippen LogP contribution in [-0.2, 0) is 4.79 Å². The minimum absolute atomic E-state index is 0.000288.